The lowest BCUT2D eigenvalue weighted by molar-refractivity contribution is -0.138. The molecule has 1 rings (SSSR count). The van der Waals surface area contributed by atoms with E-state index in [-0.39, 0.29) is 0 Å². The van der Waals surface area contributed by atoms with Gasteiger partial charge in [-0.05, 0) is 13.8 Å². The summed E-state index contributed by atoms with van der Waals surface area (Å²) < 4.78 is 1.66. The van der Waals surface area contributed by atoms with E-state index in [0.29, 0.717) is 6.54 Å². The molecule has 0 aliphatic carbocycles. The molecule has 0 bridgehead atoms. The first-order valence-electron chi connectivity index (χ1n) is 5.16. The second-order valence-electron chi connectivity index (χ2n) is 3.80. The maximum Gasteiger partial charge on any atom is 0.325 e. The Morgan fingerprint density at radius 1 is 1.59 bits per heavy atom. The molecule has 1 atom stereocenters. The third kappa shape index (κ3) is 3.78. The number of nitrogens with one attached hydrogen (secondary N) is 2. The van der Waals surface area contributed by atoms with Crippen LogP contribution in [-0.2, 0) is 18.4 Å². The Morgan fingerprint density at radius 3 is 2.71 bits per heavy atom. The molecule has 1 aromatic heterocycles. The molecule has 7 nitrogen and oxygen atoms in total. The van der Waals surface area contributed by atoms with Crippen LogP contribution in [-0.4, -0.2) is 32.9 Å². The summed E-state index contributed by atoms with van der Waals surface area (Å²) in [5, 5.41) is 17.6. The quantitative estimate of drug-likeness (QED) is 0.690. The number of aromatic nitrogens is 2. The summed E-state index contributed by atoms with van der Waals surface area (Å²) in [7, 11) is 1.79. The van der Waals surface area contributed by atoms with Crippen LogP contribution in [0, 0.1) is 6.92 Å². The number of nitrogens with zero attached hydrogens (tertiary/aromatic N) is 2. The summed E-state index contributed by atoms with van der Waals surface area (Å²) in [6.07, 6.45) is 1.80. The third-order valence-electron chi connectivity index (χ3n) is 2.27. The van der Waals surface area contributed by atoms with E-state index in [1.165, 1.54) is 6.92 Å². The van der Waals surface area contributed by atoms with E-state index in [4.69, 9.17) is 5.11 Å². The smallest absolute Gasteiger partial charge is 0.325 e. The Hall–Kier alpha value is -2.05. The van der Waals surface area contributed by atoms with Gasteiger partial charge >= 0.3 is 12.0 Å². The lowest BCUT2D eigenvalue weighted by atomic mass is 10.3. The fourth-order valence-corrected chi connectivity index (χ4v) is 1.31. The monoisotopic (exact) mass is 240 g/mol. The van der Waals surface area contributed by atoms with Crippen molar-refractivity contribution < 1.29 is 14.7 Å². The van der Waals surface area contributed by atoms with E-state index in [2.05, 4.69) is 15.7 Å². The highest BCUT2D eigenvalue weighted by Gasteiger charge is 2.13. The van der Waals surface area contributed by atoms with Gasteiger partial charge in [0.25, 0.3) is 0 Å². The molecule has 1 aromatic rings. The normalized spacial score (nSPS) is 11.9. The van der Waals surface area contributed by atoms with E-state index in [9.17, 15) is 9.59 Å². The molecule has 94 valence electrons. The second-order valence-corrected chi connectivity index (χ2v) is 3.80. The first kappa shape index (κ1) is 13.0. The van der Waals surface area contributed by atoms with Gasteiger partial charge in [-0.3, -0.25) is 9.48 Å². The van der Waals surface area contributed by atoms with Crippen LogP contribution < -0.4 is 10.6 Å². The first-order valence-corrected chi connectivity index (χ1v) is 5.16. The molecule has 0 saturated carbocycles. The summed E-state index contributed by atoms with van der Waals surface area (Å²) >= 11 is 0. The van der Waals surface area contributed by atoms with Gasteiger partial charge in [0, 0.05) is 25.4 Å². The summed E-state index contributed by atoms with van der Waals surface area (Å²) in [4.78, 5) is 21.8. The number of carboxylic acids is 1. The van der Waals surface area contributed by atoms with Gasteiger partial charge in [-0.2, -0.15) is 5.10 Å². The Balaban J connectivity index is 2.43. The van der Waals surface area contributed by atoms with E-state index in [1.807, 2.05) is 6.92 Å². The molecule has 0 aliphatic rings. The Morgan fingerprint density at radius 2 is 2.24 bits per heavy atom. The number of urea groups is 1. The average molecular weight is 240 g/mol. The molecule has 0 radical (unpaired) electrons. The highest BCUT2D eigenvalue weighted by Crippen LogP contribution is 2.03. The van der Waals surface area contributed by atoms with E-state index in [0.717, 1.165) is 11.3 Å². The van der Waals surface area contributed by atoms with Crippen molar-refractivity contribution in [1.82, 2.24) is 20.4 Å². The minimum Gasteiger partial charge on any atom is -0.480 e. The van der Waals surface area contributed by atoms with Crippen molar-refractivity contribution in [3.05, 3.63) is 17.5 Å². The van der Waals surface area contributed by atoms with E-state index >= 15 is 0 Å². The predicted octanol–water partition coefficient (Wildman–Crippen LogP) is 0.000820. The highest BCUT2D eigenvalue weighted by atomic mass is 16.4. The van der Waals surface area contributed by atoms with Crippen LogP contribution in [0.4, 0.5) is 4.79 Å². The fraction of sp³-hybridized carbons (Fsp3) is 0.500. The van der Waals surface area contributed by atoms with Gasteiger partial charge in [0.15, 0.2) is 0 Å². The van der Waals surface area contributed by atoms with Gasteiger partial charge in [-0.1, -0.05) is 0 Å². The van der Waals surface area contributed by atoms with Crippen LogP contribution in [0.15, 0.2) is 6.20 Å². The predicted molar refractivity (Wildman–Crippen MR) is 60.4 cm³/mol. The van der Waals surface area contributed by atoms with Crippen LogP contribution in [0.1, 0.15) is 18.2 Å². The zero-order valence-corrected chi connectivity index (χ0v) is 10.0. The molecule has 0 aliphatic heterocycles. The maximum absolute atomic E-state index is 11.3. The van der Waals surface area contributed by atoms with Crippen molar-refractivity contribution in [3.63, 3.8) is 0 Å². The van der Waals surface area contributed by atoms with Gasteiger partial charge in [0.1, 0.15) is 6.04 Å². The van der Waals surface area contributed by atoms with Crippen molar-refractivity contribution in [2.45, 2.75) is 26.4 Å². The Labute approximate surface area is 98.8 Å². The molecule has 17 heavy (non-hydrogen) atoms. The zero-order valence-electron chi connectivity index (χ0n) is 10.0. The van der Waals surface area contributed by atoms with Crippen molar-refractivity contribution in [1.29, 1.82) is 0 Å². The summed E-state index contributed by atoms with van der Waals surface area (Å²) in [5.74, 6) is -1.07. The van der Waals surface area contributed by atoms with Crippen molar-refractivity contribution in [2.24, 2.45) is 7.05 Å². The first-order chi connectivity index (χ1) is 7.90. The maximum atomic E-state index is 11.3. The molecule has 1 heterocycles. The van der Waals surface area contributed by atoms with Gasteiger partial charge in [-0.15, -0.1) is 0 Å². The molecule has 0 spiro atoms. The van der Waals surface area contributed by atoms with Crippen molar-refractivity contribution in [2.75, 3.05) is 0 Å². The SMILES string of the molecule is Cc1nn(C)cc1CNC(=O)N[C@H](C)C(=O)O. The minimum absolute atomic E-state index is 0.317. The number of aliphatic carboxylic acids is 1. The topological polar surface area (TPSA) is 96.3 Å². The molecule has 2 amide bonds. The average Bonchev–Trinajstić information content (AvgIpc) is 2.54. The molecular weight excluding hydrogens is 224 g/mol. The largest absolute Gasteiger partial charge is 0.480 e. The molecule has 0 unspecified atom stereocenters. The summed E-state index contributed by atoms with van der Waals surface area (Å²) in [6.45, 7) is 3.56. The number of hydrogen-bond acceptors (Lipinski definition) is 3. The van der Waals surface area contributed by atoms with Crippen LogP contribution in [0.2, 0.25) is 0 Å². The number of aryl methyl sites for hydroxylation is 2. The van der Waals surface area contributed by atoms with Gasteiger partial charge in [-0.25, -0.2) is 4.79 Å². The van der Waals surface area contributed by atoms with Crippen LogP contribution in [0.5, 0.6) is 0 Å². The number of amides is 2. The number of carboxylic acid groups (broad SMARTS) is 1. The third-order valence-corrected chi connectivity index (χ3v) is 2.27. The molecule has 3 N–H and O–H groups in total. The lowest BCUT2D eigenvalue weighted by Gasteiger charge is -2.10. The standard InChI is InChI=1S/C10H16N4O3/c1-6-8(5-14(3)13-6)4-11-10(17)12-7(2)9(15)16/h5,7H,4H2,1-3H3,(H,15,16)(H2,11,12,17)/t7-/m1/s1. The van der Waals surface area contributed by atoms with Gasteiger partial charge < -0.3 is 15.7 Å². The van der Waals surface area contributed by atoms with E-state index < -0.39 is 18.0 Å². The Kier molecular flexibility index (Phi) is 4.08. The van der Waals surface area contributed by atoms with Gasteiger partial charge in [0.05, 0.1) is 5.69 Å². The Bertz CT molecular complexity index is 427. The lowest BCUT2D eigenvalue weighted by Crippen LogP contribution is -2.44. The van der Waals surface area contributed by atoms with Gasteiger partial charge in [0.2, 0.25) is 0 Å². The molecule has 0 fully saturated rings. The molecular formula is C10H16N4O3. The fourth-order valence-electron chi connectivity index (χ4n) is 1.31. The highest BCUT2D eigenvalue weighted by molar-refractivity contribution is 5.82. The zero-order chi connectivity index (χ0) is 13.0. The van der Waals surface area contributed by atoms with Crippen LogP contribution in [0.3, 0.4) is 0 Å². The van der Waals surface area contributed by atoms with Crippen molar-refractivity contribution in [3.8, 4) is 0 Å². The number of hydrogen-bond donors (Lipinski definition) is 3. The van der Waals surface area contributed by atoms with Crippen LogP contribution >= 0.6 is 0 Å². The van der Waals surface area contributed by atoms with E-state index in [1.54, 1.807) is 17.9 Å². The molecule has 0 aromatic carbocycles. The number of carbonyl (C=O) groups is 2. The summed E-state index contributed by atoms with van der Waals surface area (Å²) in [5.41, 5.74) is 1.73. The molecule has 7 heteroatoms. The summed E-state index contributed by atoms with van der Waals surface area (Å²) in [6, 6.07) is -1.42. The second kappa shape index (κ2) is 5.33. The minimum atomic E-state index is -1.07. The number of carbonyl (C=O) groups excluding carboxylic acids is 1. The van der Waals surface area contributed by atoms with Crippen LogP contribution in [0.25, 0.3) is 0 Å². The van der Waals surface area contributed by atoms with Crippen molar-refractivity contribution >= 4 is 12.0 Å². The number of rotatable bonds is 4. The molecule has 0 saturated heterocycles.